The lowest BCUT2D eigenvalue weighted by atomic mass is 10.0. The average Bonchev–Trinajstić information content (AvgIpc) is 3.16. The monoisotopic (exact) mass is 480 g/mol. The molecule has 0 spiro atoms. The average molecular weight is 481 g/mol. The number of fused-ring (bicyclic) bond motifs is 1. The first-order chi connectivity index (χ1) is 16.0. The number of hydrogen-bond acceptors (Lipinski definition) is 4. The number of piperidine rings is 1. The lowest BCUT2D eigenvalue weighted by molar-refractivity contribution is 0.307. The number of rotatable bonds is 5. The second-order valence-corrected chi connectivity index (χ2v) is 9.32. The van der Waals surface area contributed by atoms with Gasteiger partial charge in [0.15, 0.2) is 11.6 Å². The summed E-state index contributed by atoms with van der Waals surface area (Å²) in [6.07, 6.45) is 7.83. The van der Waals surface area contributed by atoms with E-state index in [4.69, 9.17) is 33.7 Å². The quantitative estimate of drug-likeness (QED) is 0.345. The van der Waals surface area contributed by atoms with Crippen molar-refractivity contribution < 1.29 is 4.74 Å². The van der Waals surface area contributed by atoms with E-state index in [-0.39, 0.29) is 6.61 Å². The SMILES string of the molecule is Cn1cc(N2CCCCC2)c2cc(-c3cnc(N)c(OCc4c(Cl)cccc4Cl)c3)ccc21. The number of benzene rings is 2. The molecule has 0 saturated carbocycles. The Morgan fingerprint density at radius 3 is 2.52 bits per heavy atom. The van der Waals surface area contributed by atoms with Crippen LogP contribution in [0.15, 0.2) is 54.9 Å². The number of nitrogens with two attached hydrogens (primary N) is 1. The van der Waals surface area contributed by atoms with Crippen molar-refractivity contribution in [2.45, 2.75) is 25.9 Å². The third-order valence-corrected chi connectivity index (χ3v) is 7.02. The van der Waals surface area contributed by atoms with Crippen LogP contribution in [0.3, 0.4) is 0 Å². The Kier molecular flexibility index (Phi) is 6.09. The van der Waals surface area contributed by atoms with E-state index in [0.29, 0.717) is 21.6 Å². The van der Waals surface area contributed by atoms with Crippen LogP contribution in [-0.4, -0.2) is 22.6 Å². The van der Waals surface area contributed by atoms with Crippen molar-refractivity contribution in [3.63, 3.8) is 0 Å². The van der Waals surface area contributed by atoms with Crippen LogP contribution in [0.2, 0.25) is 10.0 Å². The summed E-state index contributed by atoms with van der Waals surface area (Å²) in [6.45, 7) is 2.43. The van der Waals surface area contributed by atoms with E-state index in [1.807, 2.05) is 12.1 Å². The minimum absolute atomic E-state index is 0.213. The van der Waals surface area contributed by atoms with Gasteiger partial charge in [-0.05, 0) is 55.2 Å². The molecule has 0 unspecified atom stereocenters. The standard InChI is InChI=1S/C26H26Cl2N4O/c1-31-15-24(32-10-3-2-4-11-32)19-12-17(8-9-23(19)31)18-13-25(26(29)30-14-18)33-16-20-21(27)6-5-7-22(20)28/h5-9,12-15H,2-4,10-11,16H2,1H3,(H2,29,30). The highest BCUT2D eigenvalue weighted by Crippen LogP contribution is 2.35. The van der Waals surface area contributed by atoms with Crippen LogP contribution in [0, 0.1) is 0 Å². The molecule has 1 aliphatic rings. The fourth-order valence-corrected chi connectivity index (χ4v) is 4.99. The van der Waals surface area contributed by atoms with Crippen LogP contribution in [-0.2, 0) is 13.7 Å². The lowest BCUT2D eigenvalue weighted by Gasteiger charge is -2.28. The highest BCUT2D eigenvalue weighted by Gasteiger charge is 2.17. The van der Waals surface area contributed by atoms with E-state index in [2.05, 4.69) is 45.9 Å². The molecule has 1 saturated heterocycles. The molecule has 33 heavy (non-hydrogen) atoms. The van der Waals surface area contributed by atoms with Gasteiger partial charge in [0.1, 0.15) is 6.61 Å². The molecule has 4 aromatic rings. The molecule has 0 radical (unpaired) electrons. The van der Waals surface area contributed by atoms with Gasteiger partial charge in [-0.2, -0.15) is 0 Å². The van der Waals surface area contributed by atoms with Crippen LogP contribution >= 0.6 is 23.2 Å². The molecule has 3 heterocycles. The first-order valence-corrected chi connectivity index (χ1v) is 11.9. The van der Waals surface area contributed by atoms with Crippen molar-refractivity contribution in [2.75, 3.05) is 23.7 Å². The molecule has 0 bridgehead atoms. The number of anilines is 2. The Labute approximate surface area is 203 Å². The predicted octanol–water partition coefficient (Wildman–Crippen LogP) is 6.70. The summed E-state index contributed by atoms with van der Waals surface area (Å²) >= 11 is 12.6. The molecule has 2 aromatic carbocycles. The molecule has 1 aliphatic heterocycles. The van der Waals surface area contributed by atoms with Crippen molar-refractivity contribution in [1.29, 1.82) is 0 Å². The molecule has 0 atom stereocenters. The first-order valence-electron chi connectivity index (χ1n) is 11.2. The van der Waals surface area contributed by atoms with E-state index >= 15 is 0 Å². The molecular formula is C26H26Cl2N4O. The Balaban J connectivity index is 1.47. The van der Waals surface area contributed by atoms with Crippen LogP contribution in [0.1, 0.15) is 24.8 Å². The van der Waals surface area contributed by atoms with Gasteiger partial charge in [-0.15, -0.1) is 0 Å². The predicted molar refractivity (Wildman–Crippen MR) is 137 cm³/mol. The van der Waals surface area contributed by atoms with E-state index in [1.165, 1.54) is 35.9 Å². The number of pyridine rings is 1. The zero-order valence-electron chi connectivity index (χ0n) is 18.5. The second kappa shape index (κ2) is 9.16. The van der Waals surface area contributed by atoms with Crippen molar-refractivity contribution in [2.24, 2.45) is 7.05 Å². The number of ether oxygens (including phenoxy) is 1. The number of halogens is 2. The van der Waals surface area contributed by atoms with Crippen LogP contribution in [0.4, 0.5) is 11.5 Å². The van der Waals surface area contributed by atoms with Crippen LogP contribution in [0.5, 0.6) is 5.75 Å². The van der Waals surface area contributed by atoms with E-state index in [9.17, 15) is 0 Å². The molecule has 2 aromatic heterocycles. The highest BCUT2D eigenvalue weighted by atomic mass is 35.5. The second-order valence-electron chi connectivity index (χ2n) is 8.50. The van der Waals surface area contributed by atoms with Gasteiger partial charge in [-0.1, -0.05) is 35.3 Å². The van der Waals surface area contributed by atoms with Gasteiger partial charge in [-0.25, -0.2) is 4.98 Å². The topological polar surface area (TPSA) is 56.3 Å². The Hall–Kier alpha value is -2.89. The zero-order valence-corrected chi connectivity index (χ0v) is 20.0. The number of hydrogen-bond donors (Lipinski definition) is 1. The number of aromatic nitrogens is 2. The molecule has 0 aliphatic carbocycles. The maximum Gasteiger partial charge on any atom is 0.166 e. The molecule has 1 fully saturated rings. The Bertz CT molecular complexity index is 1290. The van der Waals surface area contributed by atoms with E-state index < -0.39 is 0 Å². The normalized spacial score (nSPS) is 14.1. The molecule has 5 nitrogen and oxygen atoms in total. The van der Waals surface area contributed by atoms with Crippen molar-refractivity contribution >= 4 is 45.6 Å². The first kappa shape index (κ1) is 21.9. The molecule has 170 valence electrons. The van der Waals surface area contributed by atoms with Gasteiger partial charge in [0.25, 0.3) is 0 Å². The van der Waals surface area contributed by atoms with Crippen LogP contribution in [0.25, 0.3) is 22.0 Å². The minimum Gasteiger partial charge on any atom is -0.485 e. The summed E-state index contributed by atoms with van der Waals surface area (Å²) in [7, 11) is 2.10. The summed E-state index contributed by atoms with van der Waals surface area (Å²) < 4.78 is 8.19. The molecule has 7 heteroatoms. The molecule has 5 rings (SSSR count). The highest BCUT2D eigenvalue weighted by molar-refractivity contribution is 6.35. The van der Waals surface area contributed by atoms with E-state index in [1.54, 1.807) is 18.3 Å². The largest absolute Gasteiger partial charge is 0.485 e. The summed E-state index contributed by atoms with van der Waals surface area (Å²) in [4.78, 5) is 6.88. The number of nitrogen functional groups attached to an aromatic ring is 1. The lowest BCUT2D eigenvalue weighted by Crippen LogP contribution is -2.29. The van der Waals surface area contributed by atoms with Crippen molar-refractivity contribution in [1.82, 2.24) is 9.55 Å². The van der Waals surface area contributed by atoms with Gasteiger partial charge in [0.2, 0.25) is 0 Å². The zero-order chi connectivity index (χ0) is 22.9. The third kappa shape index (κ3) is 4.35. The Morgan fingerprint density at radius 1 is 1.00 bits per heavy atom. The van der Waals surface area contributed by atoms with Crippen molar-refractivity contribution in [3.8, 4) is 16.9 Å². The van der Waals surface area contributed by atoms with E-state index in [0.717, 1.165) is 29.8 Å². The van der Waals surface area contributed by atoms with Gasteiger partial charge in [-0.3, -0.25) is 0 Å². The number of aryl methyl sites for hydroxylation is 1. The van der Waals surface area contributed by atoms with Gasteiger partial charge in [0.05, 0.1) is 5.69 Å². The minimum atomic E-state index is 0.213. The fraction of sp³-hybridized carbons (Fsp3) is 0.269. The Morgan fingerprint density at radius 2 is 1.76 bits per heavy atom. The summed E-state index contributed by atoms with van der Waals surface area (Å²) in [5, 5.41) is 2.37. The maximum absolute atomic E-state index is 6.28. The maximum atomic E-state index is 6.28. The summed E-state index contributed by atoms with van der Waals surface area (Å²) in [6, 6.07) is 13.8. The van der Waals surface area contributed by atoms with Crippen LogP contribution < -0.4 is 15.4 Å². The third-order valence-electron chi connectivity index (χ3n) is 6.31. The molecule has 0 amide bonds. The van der Waals surface area contributed by atoms with Gasteiger partial charge >= 0.3 is 0 Å². The fourth-order valence-electron chi connectivity index (χ4n) is 4.49. The number of nitrogens with zero attached hydrogens (tertiary/aromatic N) is 3. The van der Waals surface area contributed by atoms with Gasteiger partial charge < -0.3 is 19.9 Å². The molecule has 2 N–H and O–H groups in total. The summed E-state index contributed by atoms with van der Waals surface area (Å²) in [5.74, 6) is 0.838. The summed E-state index contributed by atoms with van der Waals surface area (Å²) in [5.41, 5.74) is 11.4. The van der Waals surface area contributed by atoms with Crippen molar-refractivity contribution in [3.05, 3.63) is 70.5 Å². The molecular weight excluding hydrogens is 455 g/mol. The van der Waals surface area contributed by atoms with Gasteiger partial charge in [0, 0.05) is 64.6 Å². The smallest absolute Gasteiger partial charge is 0.166 e.